The first-order chi connectivity index (χ1) is 9.19. The predicted molar refractivity (Wildman–Crippen MR) is 72.9 cm³/mol. The topological polar surface area (TPSA) is 71.5 Å². The maximum atomic E-state index is 6.10. The Hall–Kier alpha value is -0.950. The van der Waals surface area contributed by atoms with E-state index in [2.05, 4.69) is 5.10 Å². The van der Waals surface area contributed by atoms with E-state index in [1.165, 1.54) is 0 Å². The van der Waals surface area contributed by atoms with Gasteiger partial charge in [-0.1, -0.05) is 6.92 Å². The SMILES string of the molecule is CCC(N)C(OCCOCCOC)c1cnn(C)c1. The average Bonchev–Trinajstić information content (AvgIpc) is 2.83. The first-order valence-electron chi connectivity index (χ1n) is 6.61. The van der Waals surface area contributed by atoms with Crippen LogP contribution in [0.1, 0.15) is 25.0 Å². The third-order valence-electron chi connectivity index (χ3n) is 2.87. The summed E-state index contributed by atoms with van der Waals surface area (Å²) >= 11 is 0. The molecule has 0 spiro atoms. The number of aromatic nitrogens is 2. The summed E-state index contributed by atoms with van der Waals surface area (Å²) in [7, 11) is 3.53. The van der Waals surface area contributed by atoms with Crippen molar-refractivity contribution in [1.29, 1.82) is 0 Å². The van der Waals surface area contributed by atoms with Gasteiger partial charge in [-0.05, 0) is 6.42 Å². The molecule has 2 atom stereocenters. The Bertz CT molecular complexity index is 344. The second kappa shape index (κ2) is 9.03. The van der Waals surface area contributed by atoms with Gasteiger partial charge in [-0.3, -0.25) is 4.68 Å². The van der Waals surface area contributed by atoms with Crippen LogP contribution in [0.3, 0.4) is 0 Å². The van der Waals surface area contributed by atoms with Gasteiger partial charge in [-0.15, -0.1) is 0 Å². The molecule has 0 aliphatic rings. The van der Waals surface area contributed by atoms with Gasteiger partial charge in [0.1, 0.15) is 6.10 Å². The Labute approximate surface area is 114 Å². The average molecular weight is 271 g/mol. The fraction of sp³-hybridized carbons (Fsp3) is 0.769. The zero-order valence-corrected chi connectivity index (χ0v) is 12.0. The van der Waals surface area contributed by atoms with Crippen LogP contribution in [-0.2, 0) is 21.3 Å². The molecule has 6 heteroatoms. The van der Waals surface area contributed by atoms with Crippen LogP contribution in [0, 0.1) is 0 Å². The second-order valence-corrected chi connectivity index (χ2v) is 4.42. The molecule has 0 aliphatic heterocycles. The van der Waals surface area contributed by atoms with E-state index >= 15 is 0 Å². The van der Waals surface area contributed by atoms with Crippen molar-refractivity contribution in [3.63, 3.8) is 0 Å². The minimum Gasteiger partial charge on any atom is -0.382 e. The number of rotatable bonds is 10. The van der Waals surface area contributed by atoms with Crippen LogP contribution < -0.4 is 5.73 Å². The Morgan fingerprint density at radius 2 is 2.05 bits per heavy atom. The van der Waals surface area contributed by atoms with Crippen molar-refractivity contribution < 1.29 is 14.2 Å². The number of hydrogen-bond acceptors (Lipinski definition) is 5. The molecule has 0 saturated carbocycles. The summed E-state index contributed by atoms with van der Waals surface area (Å²) < 4.78 is 17.9. The van der Waals surface area contributed by atoms with Crippen molar-refractivity contribution >= 4 is 0 Å². The molecule has 1 rings (SSSR count). The second-order valence-electron chi connectivity index (χ2n) is 4.42. The minimum absolute atomic E-state index is 0.0387. The molecule has 0 radical (unpaired) electrons. The Morgan fingerprint density at radius 3 is 2.63 bits per heavy atom. The highest BCUT2D eigenvalue weighted by Gasteiger charge is 2.20. The van der Waals surface area contributed by atoms with E-state index in [1.54, 1.807) is 18.0 Å². The summed E-state index contributed by atoms with van der Waals surface area (Å²) in [6.07, 6.45) is 4.45. The van der Waals surface area contributed by atoms with E-state index in [-0.39, 0.29) is 12.1 Å². The number of methoxy groups -OCH3 is 1. The Kier molecular flexibility index (Phi) is 7.66. The highest BCUT2D eigenvalue weighted by atomic mass is 16.5. The van der Waals surface area contributed by atoms with Crippen molar-refractivity contribution in [2.24, 2.45) is 12.8 Å². The lowest BCUT2D eigenvalue weighted by Gasteiger charge is -2.22. The third kappa shape index (κ3) is 5.69. The lowest BCUT2D eigenvalue weighted by atomic mass is 10.0. The van der Waals surface area contributed by atoms with Crippen molar-refractivity contribution in [3.05, 3.63) is 18.0 Å². The van der Waals surface area contributed by atoms with Crippen molar-refractivity contribution in [3.8, 4) is 0 Å². The molecule has 0 saturated heterocycles. The number of nitrogens with two attached hydrogens (primary N) is 1. The van der Waals surface area contributed by atoms with Gasteiger partial charge in [-0.2, -0.15) is 5.10 Å². The highest BCUT2D eigenvalue weighted by molar-refractivity contribution is 5.10. The molecule has 0 aromatic carbocycles. The summed E-state index contributed by atoms with van der Waals surface area (Å²) in [6.45, 7) is 4.28. The van der Waals surface area contributed by atoms with Crippen LogP contribution in [-0.4, -0.2) is 49.4 Å². The fourth-order valence-electron chi connectivity index (χ4n) is 1.75. The van der Waals surface area contributed by atoms with Gasteiger partial charge < -0.3 is 19.9 Å². The molecule has 1 aromatic heterocycles. The van der Waals surface area contributed by atoms with Crippen LogP contribution in [0.25, 0.3) is 0 Å². The third-order valence-corrected chi connectivity index (χ3v) is 2.87. The van der Waals surface area contributed by atoms with Crippen LogP contribution in [0.5, 0.6) is 0 Å². The van der Waals surface area contributed by atoms with Gasteiger partial charge in [0, 0.05) is 32.0 Å². The molecule has 19 heavy (non-hydrogen) atoms. The molecule has 0 amide bonds. The summed E-state index contributed by atoms with van der Waals surface area (Å²) in [6, 6.07) is -0.0387. The largest absolute Gasteiger partial charge is 0.382 e. The molecule has 0 fully saturated rings. The number of ether oxygens (including phenoxy) is 3. The van der Waals surface area contributed by atoms with E-state index in [0.29, 0.717) is 26.4 Å². The molecule has 2 N–H and O–H groups in total. The van der Waals surface area contributed by atoms with Gasteiger partial charge in [-0.25, -0.2) is 0 Å². The quantitative estimate of drug-likeness (QED) is 0.640. The lowest BCUT2D eigenvalue weighted by molar-refractivity contribution is -0.0166. The summed E-state index contributed by atoms with van der Waals surface area (Å²) in [5, 5.41) is 4.16. The summed E-state index contributed by atoms with van der Waals surface area (Å²) in [5.74, 6) is 0. The smallest absolute Gasteiger partial charge is 0.101 e. The lowest BCUT2D eigenvalue weighted by Crippen LogP contribution is -2.30. The van der Waals surface area contributed by atoms with E-state index in [9.17, 15) is 0 Å². The molecule has 1 heterocycles. The fourth-order valence-corrected chi connectivity index (χ4v) is 1.75. The minimum atomic E-state index is -0.135. The maximum absolute atomic E-state index is 6.10. The van der Waals surface area contributed by atoms with E-state index < -0.39 is 0 Å². The van der Waals surface area contributed by atoms with Crippen molar-refractivity contribution in [2.45, 2.75) is 25.5 Å². The normalized spacial score (nSPS) is 14.5. The molecule has 6 nitrogen and oxygen atoms in total. The van der Waals surface area contributed by atoms with Gasteiger partial charge in [0.25, 0.3) is 0 Å². The van der Waals surface area contributed by atoms with Crippen molar-refractivity contribution in [1.82, 2.24) is 9.78 Å². The van der Waals surface area contributed by atoms with Crippen molar-refractivity contribution in [2.75, 3.05) is 33.5 Å². The Morgan fingerprint density at radius 1 is 1.32 bits per heavy atom. The van der Waals surface area contributed by atoms with Crippen LogP contribution in [0.2, 0.25) is 0 Å². The first kappa shape index (κ1) is 16.1. The molecule has 0 bridgehead atoms. The van der Waals surface area contributed by atoms with Crippen LogP contribution in [0.4, 0.5) is 0 Å². The summed E-state index contributed by atoms with van der Waals surface area (Å²) in [5.41, 5.74) is 7.11. The molecule has 1 aromatic rings. The molecular formula is C13H25N3O3. The predicted octanol–water partition coefficient (Wildman–Crippen LogP) is 0.878. The van der Waals surface area contributed by atoms with Gasteiger partial charge in [0.05, 0.1) is 32.6 Å². The van der Waals surface area contributed by atoms with Gasteiger partial charge in [0.15, 0.2) is 0 Å². The number of nitrogens with zero attached hydrogens (tertiary/aromatic N) is 2. The van der Waals surface area contributed by atoms with E-state index in [1.807, 2.05) is 20.2 Å². The van der Waals surface area contributed by atoms with Gasteiger partial charge >= 0.3 is 0 Å². The van der Waals surface area contributed by atoms with Crippen LogP contribution >= 0.6 is 0 Å². The number of aryl methyl sites for hydroxylation is 1. The van der Waals surface area contributed by atoms with E-state index in [0.717, 1.165) is 12.0 Å². The first-order valence-corrected chi connectivity index (χ1v) is 6.61. The monoisotopic (exact) mass is 271 g/mol. The Balaban J connectivity index is 2.39. The summed E-state index contributed by atoms with van der Waals surface area (Å²) in [4.78, 5) is 0. The zero-order valence-electron chi connectivity index (χ0n) is 12.0. The van der Waals surface area contributed by atoms with Crippen LogP contribution in [0.15, 0.2) is 12.4 Å². The van der Waals surface area contributed by atoms with E-state index in [4.69, 9.17) is 19.9 Å². The maximum Gasteiger partial charge on any atom is 0.101 e. The van der Waals surface area contributed by atoms with Gasteiger partial charge in [0.2, 0.25) is 0 Å². The molecule has 2 unspecified atom stereocenters. The molecule has 110 valence electrons. The standard InChI is InChI=1S/C13H25N3O3/c1-4-12(14)13(11-9-15-16(2)10-11)19-8-7-18-6-5-17-3/h9-10,12-13H,4-8,14H2,1-3H3. The number of hydrogen-bond donors (Lipinski definition) is 1. The zero-order chi connectivity index (χ0) is 14.1. The molecule has 0 aliphatic carbocycles. The molecular weight excluding hydrogens is 246 g/mol. The highest BCUT2D eigenvalue weighted by Crippen LogP contribution is 2.21.